The zero-order valence-electron chi connectivity index (χ0n) is 8.07. The van der Waals surface area contributed by atoms with E-state index in [2.05, 4.69) is 17.1 Å². The Morgan fingerprint density at radius 1 is 1.46 bits per heavy atom. The molecule has 2 aliphatic rings. The Balaban J connectivity index is 1.94. The number of aliphatic hydroxyl groups is 1. The van der Waals surface area contributed by atoms with Crippen LogP contribution in [0.5, 0.6) is 0 Å². The maximum atomic E-state index is 9.67. The summed E-state index contributed by atoms with van der Waals surface area (Å²) in [6.07, 6.45) is -0.291. The van der Waals surface area contributed by atoms with Gasteiger partial charge in [0.15, 0.2) is 0 Å². The molecule has 0 aromatic heterocycles. The van der Waals surface area contributed by atoms with Gasteiger partial charge in [-0.25, -0.2) is 0 Å². The van der Waals surface area contributed by atoms with Crippen LogP contribution < -0.4 is 5.32 Å². The van der Waals surface area contributed by atoms with Gasteiger partial charge < -0.3 is 15.2 Å². The molecule has 0 spiro atoms. The van der Waals surface area contributed by atoms with E-state index in [0.717, 1.165) is 19.6 Å². The van der Waals surface area contributed by atoms with Crippen LogP contribution in [0.3, 0.4) is 0 Å². The minimum atomic E-state index is -0.291. The van der Waals surface area contributed by atoms with Gasteiger partial charge in [0.1, 0.15) is 0 Å². The standard InChI is InChI=1S/C9H18N2O2/c1-2-11(7-3-10-4-7)8-5-13-6-9(8)12/h7-10,12H,2-6H2,1H3/t8-,9-/m1/s1. The van der Waals surface area contributed by atoms with Gasteiger partial charge in [-0.2, -0.15) is 0 Å². The quantitative estimate of drug-likeness (QED) is 0.596. The second-order valence-corrected chi connectivity index (χ2v) is 3.81. The molecule has 2 rings (SSSR count). The fourth-order valence-corrected chi connectivity index (χ4v) is 2.12. The molecule has 2 fully saturated rings. The molecule has 0 aliphatic carbocycles. The van der Waals surface area contributed by atoms with Crippen LogP contribution in [-0.2, 0) is 4.74 Å². The van der Waals surface area contributed by atoms with Crippen molar-refractivity contribution in [3.63, 3.8) is 0 Å². The van der Waals surface area contributed by atoms with E-state index in [1.807, 2.05) is 0 Å². The number of likely N-dealkylation sites (N-methyl/N-ethyl adjacent to an activating group) is 1. The molecule has 0 saturated carbocycles. The van der Waals surface area contributed by atoms with Crippen LogP contribution in [0.15, 0.2) is 0 Å². The van der Waals surface area contributed by atoms with Crippen molar-refractivity contribution in [1.82, 2.24) is 10.2 Å². The minimum absolute atomic E-state index is 0.220. The van der Waals surface area contributed by atoms with E-state index < -0.39 is 0 Å². The first kappa shape index (κ1) is 9.40. The fraction of sp³-hybridized carbons (Fsp3) is 1.00. The molecule has 0 radical (unpaired) electrons. The number of nitrogens with one attached hydrogen (secondary N) is 1. The molecule has 2 atom stereocenters. The summed E-state index contributed by atoms with van der Waals surface area (Å²) in [4.78, 5) is 2.36. The predicted molar refractivity (Wildman–Crippen MR) is 49.7 cm³/mol. The van der Waals surface area contributed by atoms with Crippen LogP contribution >= 0.6 is 0 Å². The monoisotopic (exact) mass is 186 g/mol. The highest BCUT2D eigenvalue weighted by molar-refractivity contribution is 4.92. The third kappa shape index (κ3) is 1.72. The van der Waals surface area contributed by atoms with Crippen molar-refractivity contribution >= 4 is 0 Å². The summed E-state index contributed by atoms with van der Waals surface area (Å²) in [6.45, 7) is 6.43. The first-order valence-corrected chi connectivity index (χ1v) is 5.05. The summed E-state index contributed by atoms with van der Waals surface area (Å²) in [6, 6.07) is 0.823. The molecule has 0 amide bonds. The molecular formula is C9H18N2O2. The van der Waals surface area contributed by atoms with Crippen LogP contribution in [0.25, 0.3) is 0 Å². The van der Waals surface area contributed by atoms with Gasteiger partial charge in [-0.3, -0.25) is 4.90 Å². The molecule has 13 heavy (non-hydrogen) atoms. The molecule has 2 aliphatic heterocycles. The highest BCUT2D eigenvalue weighted by Crippen LogP contribution is 2.17. The number of hydrogen-bond donors (Lipinski definition) is 2. The van der Waals surface area contributed by atoms with E-state index in [-0.39, 0.29) is 12.1 Å². The lowest BCUT2D eigenvalue weighted by Gasteiger charge is -2.41. The Labute approximate surface area is 78.9 Å². The summed E-state index contributed by atoms with van der Waals surface area (Å²) in [5.41, 5.74) is 0. The van der Waals surface area contributed by atoms with Crippen LogP contribution in [0.1, 0.15) is 6.92 Å². The molecule has 76 valence electrons. The van der Waals surface area contributed by atoms with Gasteiger partial charge in [0.05, 0.1) is 25.4 Å². The smallest absolute Gasteiger partial charge is 0.0950 e. The molecule has 0 aromatic carbocycles. The zero-order valence-corrected chi connectivity index (χ0v) is 8.07. The first-order valence-electron chi connectivity index (χ1n) is 5.05. The van der Waals surface area contributed by atoms with E-state index in [9.17, 15) is 5.11 Å². The second kappa shape index (κ2) is 3.92. The highest BCUT2D eigenvalue weighted by atomic mass is 16.5. The third-order valence-electron chi connectivity index (χ3n) is 3.04. The average Bonchev–Trinajstić information content (AvgIpc) is 2.43. The summed E-state index contributed by atoms with van der Waals surface area (Å²) < 4.78 is 5.26. The van der Waals surface area contributed by atoms with Gasteiger partial charge in [0.2, 0.25) is 0 Å². The molecule has 2 N–H and O–H groups in total. The van der Waals surface area contributed by atoms with Crippen molar-refractivity contribution in [2.45, 2.75) is 25.1 Å². The van der Waals surface area contributed by atoms with E-state index in [1.165, 1.54) is 0 Å². The van der Waals surface area contributed by atoms with Crippen LogP contribution in [-0.4, -0.2) is 61.0 Å². The third-order valence-corrected chi connectivity index (χ3v) is 3.04. The fourth-order valence-electron chi connectivity index (χ4n) is 2.12. The number of nitrogens with zero attached hydrogens (tertiary/aromatic N) is 1. The van der Waals surface area contributed by atoms with Crippen LogP contribution in [0.4, 0.5) is 0 Å². The molecule has 4 heteroatoms. The van der Waals surface area contributed by atoms with Gasteiger partial charge in [0.25, 0.3) is 0 Å². The van der Waals surface area contributed by atoms with E-state index in [1.54, 1.807) is 0 Å². The number of ether oxygens (including phenoxy) is 1. The zero-order chi connectivity index (χ0) is 9.26. The lowest BCUT2D eigenvalue weighted by atomic mass is 10.1. The van der Waals surface area contributed by atoms with Crippen LogP contribution in [0.2, 0.25) is 0 Å². The van der Waals surface area contributed by atoms with E-state index in [4.69, 9.17) is 4.74 Å². The summed E-state index contributed by atoms with van der Waals surface area (Å²) in [5, 5.41) is 12.9. The largest absolute Gasteiger partial charge is 0.389 e. The van der Waals surface area contributed by atoms with Gasteiger partial charge in [-0.1, -0.05) is 6.92 Å². The second-order valence-electron chi connectivity index (χ2n) is 3.81. The maximum absolute atomic E-state index is 9.67. The average molecular weight is 186 g/mol. The molecule has 2 heterocycles. The molecule has 4 nitrogen and oxygen atoms in total. The lowest BCUT2D eigenvalue weighted by molar-refractivity contribution is 0.0396. The van der Waals surface area contributed by atoms with E-state index >= 15 is 0 Å². The SMILES string of the molecule is CCN(C1CNC1)[C@@H]1COC[C@H]1O. The molecule has 0 bridgehead atoms. The summed E-state index contributed by atoms with van der Waals surface area (Å²) in [5.74, 6) is 0. The Morgan fingerprint density at radius 2 is 2.23 bits per heavy atom. The van der Waals surface area contributed by atoms with Crippen molar-refractivity contribution < 1.29 is 9.84 Å². The van der Waals surface area contributed by atoms with Gasteiger partial charge in [0, 0.05) is 19.1 Å². The first-order chi connectivity index (χ1) is 6.33. The Hall–Kier alpha value is -0.160. The topological polar surface area (TPSA) is 44.7 Å². The lowest BCUT2D eigenvalue weighted by Crippen LogP contribution is -2.61. The van der Waals surface area contributed by atoms with Crippen molar-refractivity contribution in [2.75, 3.05) is 32.8 Å². The molecule has 0 unspecified atom stereocenters. The number of rotatable bonds is 3. The Bertz CT molecular complexity index is 173. The maximum Gasteiger partial charge on any atom is 0.0950 e. The van der Waals surface area contributed by atoms with Gasteiger partial charge in [-0.15, -0.1) is 0 Å². The van der Waals surface area contributed by atoms with Crippen molar-refractivity contribution in [1.29, 1.82) is 0 Å². The van der Waals surface area contributed by atoms with E-state index in [0.29, 0.717) is 19.3 Å². The Kier molecular flexibility index (Phi) is 2.83. The van der Waals surface area contributed by atoms with Crippen molar-refractivity contribution in [3.05, 3.63) is 0 Å². The highest BCUT2D eigenvalue weighted by Gasteiger charge is 2.36. The van der Waals surface area contributed by atoms with Crippen molar-refractivity contribution in [2.24, 2.45) is 0 Å². The molecule has 2 saturated heterocycles. The van der Waals surface area contributed by atoms with Crippen LogP contribution in [0, 0.1) is 0 Å². The minimum Gasteiger partial charge on any atom is -0.389 e. The van der Waals surface area contributed by atoms with Crippen molar-refractivity contribution in [3.8, 4) is 0 Å². The molecule has 0 aromatic rings. The Morgan fingerprint density at radius 3 is 2.62 bits per heavy atom. The molecular weight excluding hydrogens is 168 g/mol. The number of aliphatic hydroxyl groups excluding tert-OH is 1. The summed E-state index contributed by atoms with van der Waals surface area (Å²) in [7, 11) is 0. The summed E-state index contributed by atoms with van der Waals surface area (Å²) >= 11 is 0. The predicted octanol–water partition coefficient (Wildman–Crippen LogP) is -0.960. The van der Waals surface area contributed by atoms with Gasteiger partial charge >= 0.3 is 0 Å². The van der Waals surface area contributed by atoms with Gasteiger partial charge in [-0.05, 0) is 6.54 Å². The normalized spacial score (nSPS) is 35.3. The number of hydrogen-bond acceptors (Lipinski definition) is 4.